The second-order valence-corrected chi connectivity index (χ2v) is 7.81. The predicted molar refractivity (Wildman–Crippen MR) is 110 cm³/mol. The summed E-state index contributed by atoms with van der Waals surface area (Å²) >= 11 is 6.68. The van der Waals surface area contributed by atoms with Crippen molar-refractivity contribution in [2.75, 3.05) is 26.3 Å². The standard InChI is InChI=1S/C18H16N4O4S2/c23-17-16(28-18(27)21(17)19-8-10-26-11-9-19)12-15-2-1-7-20(15)13-3-5-14(6-4-13)22(24)25/h1-7,12H,8-11H2/b16-12+. The molecule has 2 aliphatic rings. The topological polar surface area (TPSA) is 80.8 Å². The Morgan fingerprint density at radius 1 is 1.18 bits per heavy atom. The largest absolute Gasteiger partial charge is 0.379 e. The average molecular weight is 416 g/mol. The van der Waals surface area contributed by atoms with Crippen molar-refractivity contribution in [1.82, 2.24) is 14.6 Å². The molecule has 2 saturated heterocycles. The number of hydrogen-bond acceptors (Lipinski definition) is 7. The van der Waals surface area contributed by atoms with Crippen LogP contribution in [0, 0.1) is 10.1 Å². The fourth-order valence-electron chi connectivity index (χ4n) is 3.07. The van der Waals surface area contributed by atoms with Gasteiger partial charge in [0.1, 0.15) is 0 Å². The molecule has 144 valence electrons. The molecule has 2 aromatic rings. The number of carbonyl (C=O) groups excluding carboxylic acids is 1. The molecule has 1 aromatic heterocycles. The first-order chi connectivity index (χ1) is 13.5. The Kier molecular flexibility index (Phi) is 5.27. The van der Waals surface area contributed by atoms with E-state index in [2.05, 4.69) is 0 Å². The third kappa shape index (κ3) is 3.59. The molecule has 0 aliphatic carbocycles. The number of nitro benzene ring substituents is 1. The molecule has 1 amide bonds. The highest BCUT2D eigenvalue weighted by Crippen LogP contribution is 2.34. The minimum atomic E-state index is -0.433. The molecule has 0 spiro atoms. The lowest BCUT2D eigenvalue weighted by Gasteiger charge is -2.33. The molecular formula is C18H16N4O4S2. The van der Waals surface area contributed by atoms with E-state index >= 15 is 0 Å². The smallest absolute Gasteiger partial charge is 0.281 e. The van der Waals surface area contributed by atoms with E-state index < -0.39 is 4.92 Å². The molecular weight excluding hydrogens is 400 g/mol. The first kappa shape index (κ1) is 18.8. The Balaban J connectivity index is 1.60. The van der Waals surface area contributed by atoms with Crippen LogP contribution in [-0.4, -0.2) is 56.0 Å². The van der Waals surface area contributed by atoms with Crippen LogP contribution in [0.5, 0.6) is 0 Å². The molecule has 0 N–H and O–H groups in total. The van der Waals surface area contributed by atoms with Crippen LogP contribution < -0.4 is 0 Å². The van der Waals surface area contributed by atoms with Crippen molar-refractivity contribution >= 4 is 46.0 Å². The lowest BCUT2D eigenvalue weighted by atomic mass is 10.2. The van der Waals surface area contributed by atoms with Gasteiger partial charge in [-0.05, 0) is 30.3 Å². The Bertz CT molecular complexity index is 964. The van der Waals surface area contributed by atoms with Crippen LogP contribution in [0.3, 0.4) is 0 Å². The normalized spacial score (nSPS) is 19.6. The molecule has 0 saturated carbocycles. The zero-order valence-electron chi connectivity index (χ0n) is 14.7. The van der Waals surface area contributed by atoms with Gasteiger partial charge in [-0.3, -0.25) is 14.9 Å². The summed E-state index contributed by atoms with van der Waals surface area (Å²) in [5.74, 6) is -0.145. The van der Waals surface area contributed by atoms with Crippen molar-refractivity contribution in [3.63, 3.8) is 0 Å². The van der Waals surface area contributed by atoms with Gasteiger partial charge in [0, 0.05) is 42.8 Å². The molecule has 4 rings (SSSR count). The second-order valence-electron chi connectivity index (χ2n) is 6.14. The van der Waals surface area contributed by atoms with Crippen LogP contribution in [0.4, 0.5) is 5.69 Å². The maximum absolute atomic E-state index is 12.9. The number of thioether (sulfide) groups is 1. The van der Waals surface area contributed by atoms with E-state index in [-0.39, 0.29) is 11.6 Å². The Morgan fingerprint density at radius 3 is 2.57 bits per heavy atom. The van der Waals surface area contributed by atoms with E-state index in [1.165, 1.54) is 23.9 Å². The average Bonchev–Trinajstić information content (AvgIpc) is 3.27. The number of nitrogens with zero attached hydrogens (tertiary/aromatic N) is 4. The number of carbonyl (C=O) groups is 1. The molecule has 0 atom stereocenters. The monoisotopic (exact) mass is 416 g/mol. The molecule has 0 radical (unpaired) electrons. The molecule has 2 fully saturated rings. The highest BCUT2D eigenvalue weighted by molar-refractivity contribution is 8.26. The van der Waals surface area contributed by atoms with Crippen LogP contribution >= 0.6 is 24.0 Å². The molecule has 3 heterocycles. The fourth-order valence-corrected chi connectivity index (χ4v) is 4.37. The van der Waals surface area contributed by atoms with Crippen molar-refractivity contribution in [2.45, 2.75) is 0 Å². The van der Waals surface area contributed by atoms with E-state index in [4.69, 9.17) is 17.0 Å². The molecule has 28 heavy (non-hydrogen) atoms. The molecule has 10 heteroatoms. The van der Waals surface area contributed by atoms with E-state index in [0.29, 0.717) is 35.5 Å². The van der Waals surface area contributed by atoms with Gasteiger partial charge in [-0.25, -0.2) is 10.0 Å². The van der Waals surface area contributed by atoms with Gasteiger partial charge < -0.3 is 9.30 Å². The first-order valence-electron chi connectivity index (χ1n) is 8.57. The summed E-state index contributed by atoms with van der Waals surface area (Å²) in [6, 6.07) is 10.00. The van der Waals surface area contributed by atoms with E-state index in [0.717, 1.165) is 11.4 Å². The van der Waals surface area contributed by atoms with Gasteiger partial charge in [-0.15, -0.1) is 0 Å². The van der Waals surface area contributed by atoms with Crippen LogP contribution in [0.1, 0.15) is 5.69 Å². The summed E-state index contributed by atoms with van der Waals surface area (Å²) in [5, 5.41) is 14.3. The SMILES string of the molecule is O=C1/C(=C\c2cccn2-c2ccc([N+](=O)[O-])cc2)SC(=S)N1N1CCOCC1. The second kappa shape index (κ2) is 7.84. The summed E-state index contributed by atoms with van der Waals surface area (Å²) < 4.78 is 7.71. The van der Waals surface area contributed by atoms with Crippen molar-refractivity contribution < 1.29 is 14.5 Å². The predicted octanol–water partition coefficient (Wildman–Crippen LogP) is 2.83. The van der Waals surface area contributed by atoms with Crippen LogP contribution in [0.2, 0.25) is 0 Å². The van der Waals surface area contributed by atoms with Gasteiger partial charge in [0.25, 0.3) is 11.6 Å². The maximum Gasteiger partial charge on any atom is 0.281 e. The van der Waals surface area contributed by atoms with E-state index in [1.54, 1.807) is 23.2 Å². The fraction of sp³-hybridized carbons (Fsp3) is 0.222. The molecule has 8 nitrogen and oxygen atoms in total. The van der Waals surface area contributed by atoms with Gasteiger partial charge in [0.15, 0.2) is 4.32 Å². The van der Waals surface area contributed by atoms with Crippen molar-refractivity contribution in [2.24, 2.45) is 0 Å². The van der Waals surface area contributed by atoms with Gasteiger partial charge >= 0.3 is 0 Å². The quantitative estimate of drug-likeness (QED) is 0.328. The van der Waals surface area contributed by atoms with Gasteiger partial charge in [-0.2, -0.15) is 0 Å². The molecule has 1 aromatic carbocycles. The summed E-state index contributed by atoms with van der Waals surface area (Å²) in [7, 11) is 0. The summed E-state index contributed by atoms with van der Waals surface area (Å²) in [5.41, 5.74) is 1.59. The Labute approximate surface area is 170 Å². The summed E-state index contributed by atoms with van der Waals surface area (Å²) in [6.45, 7) is 2.38. The zero-order valence-corrected chi connectivity index (χ0v) is 16.3. The van der Waals surface area contributed by atoms with E-state index in [1.807, 2.05) is 27.9 Å². The Hall–Kier alpha value is -2.53. The van der Waals surface area contributed by atoms with Crippen molar-refractivity contribution in [3.05, 3.63) is 63.3 Å². The lowest BCUT2D eigenvalue weighted by molar-refractivity contribution is -0.384. The van der Waals surface area contributed by atoms with Crippen LogP contribution in [0.25, 0.3) is 11.8 Å². The van der Waals surface area contributed by atoms with Crippen molar-refractivity contribution in [1.29, 1.82) is 0 Å². The number of ether oxygens (including phenoxy) is 1. The van der Waals surface area contributed by atoms with Crippen molar-refractivity contribution in [3.8, 4) is 5.69 Å². The highest BCUT2D eigenvalue weighted by atomic mass is 32.2. The first-order valence-corrected chi connectivity index (χ1v) is 9.80. The molecule has 2 aliphatic heterocycles. The Morgan fingerprint density at radius 2 is 1.89 bits per heavy atom. The van der Waals surface area contributed by atoms with Gasteiger partial charge in [0.2, 0.25) is 0 Å². The number of benzene rings is 1. The highest BCUT2D eigenvalue weighted by Gasteiger charge is 2.37. The van der Waals surface area contributed by atoms with E-state index in [9.17, 15) is 14.9 Å². The number of thiocarbonyl (C=S) groups is 1. The number of rotatable bonds is 4. The van der Waals surface area contributed by atoms with Gasteiger partial charge in [-0.1, -0.05) is 24.0 Å². The maximum atomic E-state index is 12.9. The minimum absolute atomic E-state index is 0.0313. The minimum Gasteiger partial charge on any atom is -0.379 e. The number of hydrazine groups is 1. The molecule has 0 unspecified atom stereocenters. The number of non-ortho nitro benzene ring substituents is 1. The lowest BCUT2D eigenvalue weighted by Crippen LogP contribution is -2.50. The number of nitro groups is 1. The van der Waals surface area contributed by atoms with Crippen LogP contribution in [0.15, 0.2) is 47.5 Å². The molecule has 0 bridgehead atoms. The number of morpholine rings is 1. The number of amides is 1. The summed E-state index contributed by atoms with van der Waals surface area (Å²) in [6.07, 6.45) is 3.64. The van der Waals surface area contributed by atoms with Gasteiger partial charge in [0.05, 0.1) is 23.0 Å². The third-order valence-electron chi connectivity index (χ3n) is 4.44. The van der Waals surface area contributed by atoms with Crippen LogP contribution in [-0.2, 0) is 9.53 Å². The summed E-state index contributed by atoms with van der Waals surface area (Å²) in [4.78, 5) is 23.8. The zero-order chi connectivity index (χ0) is 19.7. The number of hydrogen-bond donors (Lipinski definition) is 0. The number of aromatic nitrogens is 1. The third-order valence-corrected chi connectivity index (χ3v) is 5.72.